The van der Waals surface area contributed by atoms with Gasteiger partial charge in [0, 0.05) is 61.8 Å². The van der Waals surface area contributed by atoms with Crippen molar-refractivity contribution in [3.05, 3.63) is 74.1 Å². The Morgan fingerprint density at radius 1 is 0.700 bits per heavy atom. The molecule has 268 valence electrons. The van der Waals surface area contributed by atoms with Gasteiger partial charge in [0.25, 0.3) is 17.4 Å². The van der Waals surface area contributed by atoms with E-state index in [1.54, 1.807) is 14.1 Å². The van der Waals surface area contributed by atoms with Gasteiger partial charge in [0.05, 0.1) is 26.2 Å². The van der Waals surface area contributed by atoms with E-state index in [2.05, 4.69) is 29.9 Å². The number of H-pyrrole nitrogens is 1. The number of rotatable bonds is 4. The number of nitrogens with one attached hydrogen (secondary N) is 1. The highest BCUT2D eigenvalue weighted by atomic mass is 35.5. The van der Waals surface area contributed by atoms with Crippen LogP contribution in [0.4, 0.5) is 38.0 Å². The van der Waals surface area contributed by atoms with Crippen molar-refractivity contribution in [3.8, 4) is 22.8 Å². The summed E-state index contributed by atoms with van der Waals surface area (Å²) < 4.78 is 83.0. The van der Waals surface area contributed by atoms with Gasteiger partial charge in [-0.15, -0.1) is 0 Å². The molecule has 0 amide bonds. The molecule has 6 rings (SSSR count). The Balaban J connectivity index is 0.000000194. The van der Waals surface area contributed by atoms with Crippen LogP contribution in [0.3, 0.4) is 0 Å². The molecule has 0 aromatic carbocycles. The third-order valence-electron chi connectivity index (χ3n) is 7.57. The van der Waals surface area contributed by atoms with E-state index in [9.17, 15) is 31.1 Å². The molecule has 0 unspecified atom stereocenters. The molecule has 4 aromatic rings. The maximum absolute atomic E-state index is 14.1. The molecule has 6 heterocycles. The van der Waals surface area contributed by atoms with Crippen LogP contribution >= 0.6 is 34.8 Å². The standard InChI is InChI=1S/C15H14Cl2F3N5.C15H15ClF3N5O/c1-24-4-5-25(8-15(19,20)7-24)14-11(16)12(17)22-13(23-14)9-2-3-21-10(18)6-9;1-23-4-5-24(8-15(18,19)7-23)13-11(16)14(25)22-12(21-13)9-2-3-20-10(17)6-9/h2-3,6H,4-5,7-8H2,1H3;2-3,6H,4-5,7-8H2,1H3,(H,21,22,25). The predicted octanol–water partition coefficient (Wildman–Crippen LogP) is 5.38. The molecule has 0 saturated carbocycles. The van der Waals surface area contributed by atoms with Crippen molar-refractivity contribution in [1.29, 1.82) is 0 Å². The Hall–Kier alpha value is -3.77. The Labute approximate surface area is 296 Å². The molecule has 2 aliphatic rings. The lowest BCUT2D eigenvalue weighted by molar-refractivity contribution is -0.0101. The molecule has 4 aromatic heterocycles. The second-order valence-corrected chi connectivity index (χ2v) is 12.9. The Kier molecular flexibility index (Phi) is 11.4. The van der Waals surface area contributed by atoms with E-state index in [0.29, 0.717) is 25.2 Å². The van der Waals surface area contributed by atoms with Crippen LogP contribution in [0.2, 0.25) is 15.2 Å². The summed E-state index contributed by atoms with van der Waals surface area (Å²) in [7, 11) is 3.21. The van der Waals surface area contributed by atoms with Gasteiger partial charge in [-0.2, -0.15) is 8.78 Å². The summed E-state index contributed by atoms with van der Waals surface area (Å²) in [5.41, 5.74) is -0.0907. The molecule has 20 heteroatoms. The minimum Gasteiger partial charge on any atom is -0.348 e. The molecular formula is C30H29Cl3F6N10O. The number of aromatic nitrogens is 6. The lowest BCUT2D eigenvalue weighted by Gasteiger charge is -2.25. The van der Waals surface area contributed by atoms with Gasteiger partial charge in [-0.25, -0.2) is 42.5 Å². The fourth-order valence-electron chi connectivity index (χ4n) is 5.34. The average molecular weight is 766 g/mol. The van der Waals surface area contributed by atoms with Gasteiger partial charge >= 0.3 is 0 Å². The normalized spacial score (nSPS) is 18.2. The Bertz CT molecular complexity index is 1900. The summed E-state index contributed by atoms with van der Waals surface area (Å²) in [5, 5.41) is -0.376. The highest BCUT2D eigenvalue weighted by molar-refractivity contribution is 6.42. The van der Waals surface area contributed by atoms with E-state index in [-0.39, 0.29) is 57.1 Å². The fraction of sp³-hybridized carbons (Fsp3) is 0.400. The third kappa shape index (κ3) is 9.31. The Morgan fingerprint density at radius 3 is 1.74 bits per heavy atom. The number of pyridine rings is 2. The second kappa shape index (κ2) is 15.2. The molecule has 50 heavy (non-hydrogen) atoms. The third-order valence-corrected chi connectivity index (χ3v) is 8.63. The van der Waals surface area contributed by atoms with Crippen molar-refractivity contribution in [2.75, 3.05) is 76.3 Å². The number of nitrogens with zero attached hydrogens (tertiary/aromatic N) is 9. The summed E-state index contributed by atoms with van der Waals surface area (Å²) in [5.74, 6) is -7.21. The van der Waals surface area contributed by atoms with Gasteiger partial charge in [-0.1, -0.05) is 34.8 Å². The molecule has 0 bridgehead atoms. The zero-order chi connectivity index (χ0) is 36.4. The van der Waals surface area contributed by atoms with Gasteiger partial charge in [-0.3, -0.25) is 14.6 Å². The number of hydrogen-bond acceptors (Lipinski definition) is 10. The first kappa shape index (κ1) is 37.5. The second-order valence-electron chi connectivity index (χ2n) is 11.8. The van der Waals surface area contributed by atoms with Crippen molar-refractivity contribution in [3.63, 3.8) is 0 Å². The topological polar surface area (TPSA) is 110 Å². The van der Waals surface area contributed by atoms with Crippen LogP contribution in [0, 0.1) is 11.9 Å². The SMILES string of the molecule is CN1CCN(c2nc(-c3ccnc(F)c3)[nH]c(=O)c2Cl)CC(F)(F)C1.CN1CCN(c2nc(-c3ccnc(F)c3)nc(Cl)c2Cl)CC(F)(F)C1. The van der Waals surface area contributed by atoms with Crippen LogP contribution in [0.25, 0.3) is 22.8 Å². The van der Waals surface area contributed by atoms with Crippen LogP contribution in [-0.4, -0.2) is 118 Å². The molecule has 0 radical (unpaired) electrons. The maximum atomic E-state index is 14.1. The lowest BCUT2D eigenvalue weighted by atomic mass is 10.2. The van der Waals surface area contributed by atoms with E-state index in [1.165, 1.54) is 44.1 Å². The largest absolute Gasteiger partial charge is 0.348 e. The van der Waals surface area contributed by atoms with Crippen molar-refractivity contribution < 1.29 is 26.3 Å². The number of hydrogen-bond donors (Lipinski definition) is 1. The van der Waals surface area contributed by atoms with Crippen LogP contribution in [0.1, 0.15) is 0 Å². The van der Waals surface area contributed by atoms with E-state index >= 15 is 0 Å². The van der Waals surface area contributed by atoms with Crippen LogP contribution < -0.4 is 15.4 Å². The average Bonchev–Trinajstić information content (AvgIpc) is 3.27. The highest BCUT2D eigenvalue weighted by Crippen LogP contribution is 2.35. The van der Waals surface area contributed by atoms with Gasteiger partial charge < -0.3 is 14.8 Å². The highest BCUT2D eigenvalue weighted by Gasteiger charge is 2.38. The van der Waals surface area contributed by atoms with Crippen LogP contribution in [0.15, 0.2) is 41.5 Å². The van der Waals surface area contributed by atoms with E-state index in [0.717, 1.165) is 12.1 Å². The van der Waals surface area contributed by atoms with Crippen LogP contribution in [-0.2, 0) is 0 Å². The first-order valence-electron chi connectivity index (χ1n) is 14.9. The van der Waals surface area contributed by atoms with Crippen molar-refractivity contribution in [2.45, 2.75) is 11.8 Å². The van der Waals surface area contributed by atoms with Crippen molar-refractivity contribution >= 4 is 46.4 Å². The van der Waals surface area contributed by atoms with Gasteiger partial charge in [-0.05, 0) is 26.2 Å². The number of anilines is 2. The summed E-state index contributed by atoms with van der Waals surface area (Å²) in [6, 6.07) is 5.16. The first-order chi connectivity index (χ1) is 23.5. The number of aromatic amines is 1. The molecular weight excluding hydrogens is 737 g/mol. The molecule has 1 N–H and O–H groups in total. The predicted molar refractivity (Wildman–Crippen MR) is 178 cm³/mol. The van der Waals surface area contributed by atoms with Gasteiger partial charge in [0.1, 0.15) is 15.9 Å². The molecule has 2 saturated heterocycles. The summed E-state index contributed by atoms with van der Waals surface area (Å²) in [6.45, 7) is -0.622. The van der Waals surface area contributed by atoms with Crippen molar-refractivity contribution in [1.82, 2.24) is 39.7 Å². The van der Waals surface area contributed by atoms with Crippen LogP contribution in [0.5, 0.6) is 0 Å². The minimum atomic E-state index is -2.98. The smallest absolute Gasteiger partial charge is 0.277 e. The number of alkyl halides is 4. The molecule has 0 aliphatic carbocycles. The van der Waals surface area contributed by atoms with Gasteiger partial charge in [0.15, 0.2) is 22.6 Å². The van der Waals surface area contributed by atoms with Gasteiger partial charge in [0.2, 0.25) is 11.9 Å². The van der Waals surface area contributed by atoms with Crippen molar-refractivity contribution in [2.24, 2.45) is 0 Å². The minimum absolute atomic E-state index is 0.0136. The number of likely N-dealkylation sites (N-methyl/N-ethyl adjacent to an activating group) is 2. The molecule has 2 fully saturated rings. The molecule has 11 nitrogen and oxygen atoms in total. The Morgan fingerprint density at radius 2 is 1.20 bits per heavy atom. The van der Waals surface area contributed by atoms with E-state index in [1.807, 2.05) is 0 Å². The molecule has 2 aliphatic heterocycles. The summed E-state index contributed by atoms with van der Waals surface area (Å²) >= 11 is 18.2. The van der Waals surface area contributed by atoms with E-state index in [4.69, 9.17) is 34.8 Å². The van der Waals surface area contributed by atoms with E-state index < -0.39 is 48.9 Å². The zero-order valence-electron chi connectivity index (χ0n) is 26.5. The first-order valence-corrected chi connectivity index (χ1v) is 16.0. The zero-order valence-corrected chi connectivity index (χ0v) is 28.7. The molecule has 0 spiro atoms. The summed E-state index contributed by atoms with van der Waals surface area (Å²) in [6.07, 6.45) is 2.47. The maximum Gasteiger partial charge on any atom is 0.277 e. The lowest BCUT2D eigenvalue weighted by Crippen LogP contribution is -2.39. The molecule has 0 atom stereocenters. The summed E-state index contributed by atoms with van der Waals surface area (Å²) in [4.78, 5) is 39.6. The monoisotopic (exact) mass is 764 g/mol. The number of halogens is 9. The quantitative estimate of drug-likeness (QED) is 0.165. The fourth-order valence-corrected chi connectivity index (χ4v) is 5.92.